The van der Waals surface area contributed by atoms with Gasteiger partial charge in [-0.1, -0.05) is 38.5 Å². The minimum atomic E-state index is -0.305. The van der Waals surface area contributed by atoms with Crippen molar-refractivity contribution in [1.29, 1.82) is 0 Å². The summed E-state index contributed by atoms with van der Waals surface area (Å²) in [6, 6.07) is 5.94. The average molecular weight is 434 g/mol. The Morgan fingerprint density at radius 1 is 1.26 bits per heavy atom. The Hall–Kier alpha value is -2.80. The van der Waals surface area contributed by atoms with Crippen LogP contribution in [-0.4, -0.2) is 25.5 Å². The van der Waals surface area contributed by atoms with E-state index in [4.69, 9.17) is 0 Å². The summed E-state index contributed by atoms with van der Waals surface area (Å²) >= 11 is 1.77. The molecular formula is C24H27N5OS. The summed E-state index contributed by atoms with van der Waals surface area (Å²) in [5, 5.41) is 8.43. The van der Waals surface area contributed by atoms with Crippen LogP contribution in [0.3, 0.4) is 0 Å². The number of benzene rings is 1. The zero-order valence-electron chi connectivity index (χ0n) is 18.6. The highest BCUT2D eigenvalue weighted by atomic mass is 32.1. The van der Waals surface area contributed by atoms with Crippen molar-refractivity contribution in [3.8, 4) is 0 Å². The summed E-state index contributed by atoms with van der Waals surface area (Å²) in [6.07, 6.45) is 4.94. The van der Waals surface area contributed by atoms with Crippen LogP contribution in [0.15, 0.2) is 24.5 Å². The van der Waals surface area contributed by atoms with Gasteiger partial charge in [0.25, 0.3) is 5.91 Å². The molecule has 0 fully saturated rings. The maximum absolute atomic E-state index is 12.9. The molecule has 1 aliphatic rings. The number of nitrogens with one attached hydrogen (secondary N) is 1. The monoisotopic (exact) mass is 433 g/mol. The molecule has 0 unspecified atom stereocenters. The number of anilines is 1. The van der Waals surface area contributed by atoms with E-state index in [2.05, 4.69) is 41.2 Å². The topological polar surface area (TPSA) is 72.2 Å². The van der Waals surface area contributed by atoms with Crippen LogP contribution in [0.2, 0.25) is 0 Å². The van der Waals surface area contributed by atoms with Crippen molar-refractivity contribution < 1.29 is 4.79 Å². The third kappa shape index (κ3) is 3.51. The van der Waals surface area contributed by atoms with Crippen molar-refractivity contribution in [3.05, 3.63) is 51.9 Å². The number of nitrogens with zero attached hydrogens (tertiary/aromatic N) is 4. The highest BCUT2D eigenvalue weighted by Gasteiger charge is 2.32. The quantitative estimate of drug-likeness (QED) is 0.462. The van der Waals surface area contributed by atoms with E-state index in [9.17, 15) is 4.79 Å². The van der Waals surface area contributed by atoms with Gasteiger partial charge in [-0.3, -0.25) is 4.79 Å². The van der Waals surface area contributed by atoms with Gasteiger partial charge in [0.05, 0.1) is 5.39 Å². The standard InChI is InChI=1S/C24H27N5OS/c1-13-6-9-17(14(2)10-13)26-22(30)20-27-21-19-16-8-7-15(24(3,4)5)11-18(16)31-23(19)25-12-29(21)28-20/h6,9-10,12,15H,7-8,11H2,1-5H3,(H,26,30)/t15-/m1/s1. The molecule has 5 rings (SSSR count). The largest absolute Gasteiger partial charge is 0.319 e. The smallest absolute Gasteiger partial charge is 0.295 e. The third-order valence-corrected chi connectivity index (χ3v) is 7.61. The van der Waals surface area contributed by atoms with Crippen molar-refractivity contribution in [2.24, 2.45) is 11.3 Å². The fraction of sp³-hybridized carbons (Fsp3) is 0.417. The number of rotatable bonds is 2. The molecule has 7 heteroatoms. The number of carbonyl (C=O) groups excluding carboxylic acids is 1. The first-order chi connectivity index (χ1) is 14.7. The minimum absolute atomic E-state index is 0.164. The van der Waals surface area contributed by atoms with Crippen LogP contribution in [0.1, 0.15) is 59.4 Å². The predicted molar refractivity (Wildman–Crippen MR) is 125 cm³/mol. The molecule has 31 heavy (non-hydrogen) atoms. The Labute approximate surface area is 185 Å². The van der Waals surface area contributed by atoms with Crippen LogP contribution >= 0.6 is 11.3 Å². The fourth-order valence-corrected chi connectivity index (χ4v) is 5.80. The lowest BCUT2D eigenvalue weighted by molar-refractivity contribution is 0.101. The number of aryl methyl sites for hydroxylation is 3. The molecule has 1 aliphatic carbocycles. The Morgan fingerprint density at radius 3 is 2.81 bits per heavy atom. The number of carbonyl (C=O) groups is 1. The van der Waals surface area contributed by atoms with Crippen LogP contribution in [0.5, 0.6) is 0 Å². The number of hydrogen-bond acceptors (Lipinski definition) is 5. The second-order valence-electron chi connectivity index (χ2n) is 9.71. The molecule has 6 nitrogen and oxygen atoms in total. The van der Waals surface area contributed by atoms with Crippen molar-refractivity contribution in [2.75, 3.05) is 5.32 Å². The highest BCUT2D eigenvalue weighted by Crippen LogP contribution is 2.43. The molecule has 1 N–H and O–H groups in total. The number of hydrogen-bond donors (Lipinski definition) is 1. The molecule has 0 saturated carbocycles. The molecule has 0 spiro atoms. The van der Waals surface area contributed by atoms with Crippen LogP contribution < -0.4 is 5.32 Å². The Bertz CT molecular complexity index is 1330. The van der Waals surface area contributed by atoms with Gasteiger partial charge in [0.15, 0.2) is 5.65 Å². The number of aromatic nitrogens is 4. The van der Waals surface area contributed by atoms with E-state index in [0.717, 1.165) is 51.9 Å². The molecule has 3 aromatic heterocycles. The van der Waals surface area contributed by atoms with Gasteiger partial charge in [-0.15, -0.1) is 16.4 Å². The Kier molecular flexibility index (Phi) is 4.62. The summed E-state index contributed by atoms with van der Waals surface area (Å²) < 4.78 is 1.64. The van der Waals surface area contributed by atoms with Gasteiger partial charge in [0.1, 0.15) is 11.2 Å². The number of amides is 1. The van der Waals surface area contributed by atoms with Crippen molar-refractivity contribution in [3.63, 3.8) is 0 Å². The second kappa shape index (κ2) is 7.12. The van der Waals surface area contributed by atoms with E-state index in [1.165, 1.54) is 10.4 Å². The molecule has 1 aromatic carbocycles. The van der Waals surface area contributed by atoms with Gasteiger partial charge >= 0.3 is 0 Å². The molecule has 1 atom stereocenters. The first-order valence-electron chi connectivity index (χ1n) is 10.7. The number of fused-ring (bicyclic) bond motifs is 5. The fourth-order valence-electron chi connectivity index (χ4n) is 4.54. The van der Waals surface area contributed by atoms with E-state index in [0.29, 0.717) is 11.3 Å². The Balaban J connectivity index is 1.52. The van der Waals surface area contributed by atoms with Crippen molar-refractivity contribution >= 4 is 38.8 Å². The van der Waals surface area contributed by atoms with E-state index in [1.54, 1.807) is 22.2 Å². The van der Waals surface area contributed by atoms with Gasteiger partial charge in [-0.05, 0) is 61.6 Å². The molecule has 3 heterocycles. The molecule has 0 aliphatic heterocycles. The molecule has 1 amide bonds. The summed E-state index contributed by atoms with van der Waals surface area (Å²) in [6.45, 7) is 11.0. The zero-order valence-corrected chi connectivity index (χ0v) is 19.4. The van der Waals surface area contributed by atoms with Crippen LogP contribution in [0.25, 0.3) is 15.9 Å². The average Bonchev–Trinajstić information content (AvgIpc) is 3.29. The molecule has 0 saturated heterocycles. The SMILES string of the molecule is Cc1ccc(NC(=O)c2nc3c4c5c(sc4ncn3n2)C[C@H](C(C)(C)C)CC5)c(C)c1. The molecule has 0 bridgehead atoms. The normalized spacial score (nSPS) is 16.6. The molecule has 160 valence electrons. The van der Waals surface area contributed by atoms with Gasteiger partial charge < -0.3 is 5.32 Å². The minimum Gasteiger partial charge on any atom is -0.319 e. The maximum Gasteiger partial charge on any atom is 0.295 e. The highest BCUT2D eigenvalue weighted by molar-refractivity contribution is 7.19. The van der Waals surface area contributed by atoms with E-state index in [-0.39, 0.29) is 11.7 Å². The third-order valence-electron chi connectivity index (χ3n) is 6.44. The Morgan fingerprint density at radius 2 is 2.06 bits per heavy atom. The van der Waals surface area contributed by atoms with Crippen molar-refractivity contribution in [2.45, 2.75) is 53.9 Å². The van der Waals surface area contributed by atoms with E-state index >= 15 is 0 Å². The first-order valence-corrected chi connectivity index (χ1v) is 11.6. The molecule has 4 aromatic rings. The van der Waals surface area contributed by atoms with Gasteiger partial charge in [-0.2, -0.15) is 0 Å². The molecule has 0 radical (unpaired) electrons. The van der Waals surface area contributed by atoms with E-state index < -0.39 is 0 Å². The lowest BCUT2D eigenvalue weighted by Gasteiger charge is -2.33. The lowest BCUT2D eigenvalue weighted by Crippen LogP contribution is -2.26. The maximum atomic E-state index is 12.9. The first kappa shape index (κ1) is 20.1. The number of thiophene rings is 1. The lowest BCUT2D eigenvalue weighted by atomic mass is 9.72. The van der Waals surface area contributed by atoms with Crippen molar-refractivity contribution in [1.82, 2.24) is 19.6 Å². The summed E-state index contributed by atoms with van der Waals surface area (Å²) in [4.78, 5) is 24.5. The second-order valence-corrected chi connectivity index (χ2v) is 10.8. The zero-order chi connectivity index (χ0) is 21.9. The van der Waals surface area contributed by atoms with Gasteiger partial charge in [0, 0.05) is 10.6 Å². The predicted octanol–water partition coefficient (Wildman–Crippen LogP) is 5.36. The van der Waals surface area contributed by atoms with E-state index in [1.807, 2.05) is 32.0 Å². The summed E-state index contributed by atoms with van der Waals surface area (Å²) in [7, 11) is 0. The summed E-state index contributed by atoms with van der Waals surface area (Å²) in [5.74, 6) is 0.527. The van der Waals surface area contributed by atoms with Crippen LogP contribution in [0, 0.1) is 25.2 Å². The van der Waals surface area contributed by atoms with Crippen LogP contribution in [-0.2, 0) is 12.8 Å². The van der Waals surface area contributed by atoms with Crippen LogP contribution in [0.4, 0.5) is 5.69 Å². The van der Waals surface area contributed by atoms with Gasteiger partial charge in [-0.25, -0.2) is 14.5 Å². The van der Waals surface area contributed by atoms with Gasteiger partial charge in [0.2, 0.25) is 5.82 Å². The summed E-state index contributed by atoms with van der Waals surface area (Å²) in [5.41, 5.74) is 5.31. The molecular weight excluding hydrogens is 406 g/mol.